The van der Waals surface area contributed by atoms with Gasteiger partial charge in [-0.25, -0.2) is 4.98 Å². The third-order valence-corrected chi connectivity index (χ3v) is 5.06. The van der Waals surface area contributed by atoms with E-state index < -0.39 is 0 Å². The molecule has 2 aromatic rings. The van der Waals surface area contributed by atoms with Gasteiger partial charge in [0.05, 0.1) is 25.0 Å². The molecule has 0 N–H and O–H groups in total. The number of ether oxygens (including phenoxy) is 1. The van der Waals surface area contributed by atoms with E-state index in [-0.39, 0.29) is 5.91 Å². The first-order valence-corrected chi connectivity index (χ1v) is 8.49. The summed E-state index contributed by atoms with van der Waals surface area (Å²) in [6.07, 6.45) is 2.01. The normalized spacial score (nSPS) is 13.8. The smallest absolute Gasteiger partial charge is 0.223 e. The number of fused-ring (bicyclic) bond motifs is 1. The van der Waals surface area contributed by atoms with Crippen LogP contribution < -0.4 is 4.74 Å². The average molecular weight is 378 g/mol. The van der Waals surface area contributed by atoms with Gasteiger partial charge in [-0.2, -0.15) is 0 Å². The van der Waals surface area contributed by atoms with Crippen molar-refractivity contribution < 1.29 is 9.53 Å². The van der Waals surface area contributed by atoms with Gasteiger partial charge in [-0.1, -0.05) is 18.2 Å². The van der Waals surface area contributed by atoms with Crippen molar-refractivity contribution in [2.75, 3.05) is 13.7 Å². The van der Waals surface area contributed by atoms with Crippen molar-refractivity contribution in [3.05, 3.63) is 46.0 Å². The van der Waals surface area contributed by atoms with Crippen molar-refractivity contribution in [1.29, 1.82) is 0 Å². The molecule has 0 fully saturated rings. The molecular weight excluding hydrogens is 358 g/mol. The third-order valence-electron chi connectivity index (χ3n) is 4.35. The number of hydrogen-bond acceptors (Lipinski definition) is 3. The summed E-state index contributed by atoms with van der Waals surface area (Å²) in [6, 6.07) is 7.86. The number of hydrogen-bond donors (Lipinski definition) is 0. The van der Waals surface area contributed by atoms with Crippen LogP contribution in [0.15, 0.2) is 29.0 Å². The molecule has 0 radical (unpaired) electrons. The highest BCUT2D eigenvalue weighted by atomic mass is 79.9. The van der Waals surface area contributed by atoms with Gasteiger partial charge in [0.1, 0.15) is 5.75 Å². The molecular formula is C17H20BrN3O2. The summed E-state index contributed by atoms with van der Waals surface area (Å²) >= 11 is 3.44. The molecule has 122 valence electrons. The van der Waals surface area contributed by atoms with Gasteiger partial charge in [-0.3, -0.25) is 4.79 Å². The second kappa shape index (κ2) is 6.74. The first-order valence-electron chi connectivity index (χ1n) is 7.69. The average Bonchev–Trinajstić information content (AvgIpc) is 2.87. The largest absolute Gasteiger partial charge is 0.496 e. The number of carbonyl (C=O) groups is 1. The Morgan fingerprint density at radius 2 is 2.17 bits per heavy atom. The number of amides is 1. The summed E-state index contributed by atoms with van der Waals surface area (Å²) in [5, 5.41) is 0. The molecule has 0 atom stereocenters. The molecule has 0 unspecified atom stereocenters. The number of aromatic nitrogens is 2. The quantitative estimate of drug-likeness (QED) is 0.822. The Hall–Kier alpha value is -1.82. The number of imidazole rings is 1. The molecule has 1 aromatic heterocycles. The van der Waals surface area contributed by atoms with Crippen molar-refractivity contribution in [1.82, 2.24) is 14.5 Å². The van der Waals surface area contributed by atoms with Crippen molar-refractivity contribution in [2.24, 2.45) is 7.05 Å². The Labute approximate surface area is 144 Å². The monoisotopic (exact) mass is 377 g/mol. The van der Waals surface area contributed by atoms with E-state index in [0.29, 0.717) is 19.4 Å². The lowest BCUT2D eigenvalue weighted by Gasteiger charge is -2.27. The summed E-state index contributed by atoms with van der Waals surface area (Å²) in [4.78, 5) is 19.0. The van der Waals surface area contributed by atoms with E-state index in [1.165, 1.54) is 0 Å². The van der Waals surface area contributed by atoms with E-state index in [9.17, 15) is 4.79 Å². The molecule has 0 bridgehead atoms. The Morgan fingerprint density at radius 1 is 1.39 bits per heavy atom. The van der Waals surface area contributed by atoms with E-state index in [1.54, 1.807) is 7.11 Å². The Morgan fingerprint density at radius 3 is 2.96 bits per heavy atom. The molecule has 6 heteroatoms. The minimum absolute atomic E-state index is 0.180. The van der Waals surface area contributed by atoms with Crippen molar-refractivity contribution in [2.45, 2.75) is 25.8 Å². The summed E-state index contributed by atoms with van der Waals surface area (Å²) in [6.45, 7) is 1.37. The SMILES string of the molecule is COc1ccccc1CCC(=O)N1CCc2nc(Br)n(C)c2C1. The number of nitrogens with zero attached hydrogens (tertiary/aromatic N) is 3. The fourth-order valence-electron chi connectivity index (χ4n) is 2.98. The molecule has 0 spiro atoms. The molecule has 3 rings (SSSR count). The minimum Gasteiger partial charge on any atom is -0.496 e. The molecule has 2 heterocycles. The van der Waals surface area contributed by atoms with Gasteiger partial charge in [-0.05, 0) is 34.0 Å². The second-order valence-corrected chi connectivity index (χ2v) is 6.42. The Kier molecular flexibility index (Phi) is 4.71. The number of rotatable bonds is 4. The maximum Gasteiger partial charge on any atom is 0.223 e. The molecule has 1 aliphatic rings. The lowest BCUT2D eigenvalue weighted by Crippen LogP contribution is -2.36. The minimum atomic E-state index is 0.180. The predicted octanol–water partition coefficient (Wildman–Crippen LogP) is 2.71. The zero-order chi connectivity index (χ0) is 16.4. The summed E-state index contributed by atoms with van der Waals surface area (Å²) in [7, 11) is 3.63. The van der Waals surface area contributed by atoms with Crippen LogP contribution in [0.4, 0.5) is 0 Å². The van der Waals surface area contributed by atoms with Gasteiger partial charge >= 0.3 is 0 Å². The zero-order valence-corrected chi connectivity index (χ0v) is 15.0. The van der Waals surface area contributed by atoms with E-state index >= 15 is 0 Å². The first kappa shape index (κ1) is 16.1. The standard InChI is InChI=1S/C17H20BrN3O2/c1-20-14-11-21(10-9-13(14)19-17(20)18)16(22)8-7-12-5-3-4-6-15(12)23-2/h3-6H,7-11H2,1-2H3. The second-order valence-electron chi connectivity index (χ2n) is 5.71. The Balaban J connectivity index is 1.64. The topological polar surface area (TPSA) is 47.4 Å². The predicted molar refractivity (Wildman–Crippen MR) is 91.3 cm³/mol. The third kappa shape index (κ3) is 3.27. The fraction of sp³-hybridized carbons (Fsp3) is 0.412. The maximum absolute atomic E-state index is 12.5. The molecule has 1 aromatic carbocycles. The van der Waals surface area contributed by atoms with Gasteiger partial charge in [0, 0.05) is 26.4 Å². The van der Waals surface area contributed by atoms with E-state index in [4.69, 9.17) is 4.74 Å². The molecule has 0 aliphatic carbocycles. The number of aryl methyl sites for hydroxylation is 1. The van der Waals surface area contributed by atoms with Gasteiger partial charge in [0.25, 0.3) is 0 Å². The number of methoxy groups -OCH3 is 1. The number of para-hydroxylation sites is 1. The molecule has 23 heavy (non-hydrogen) atoms. The lowest BCUT2D eigenvalue weighted by molar-refractivity contribution is -0.132. The fourth-order valence-corrected chi connectivity index (χ4v) is 3.40. The molecule has 1 aliphatic heterocycles. The van der Waals surface area contributed by atoms with Crippen LogP contribution in [0.3, 0.4) is 0 Å². The van der Waals surface area contributed by atoms with Crippen LogP contribution in [0.2, 0.25) is 0 Å². The Bertz CT molecular complexity index is 727. The maximum atomic E-state index is 12.5. The lowest BCUT2D eigenvalue weighted by atomic mass is 10.1. The van der Waals surface area contributed by atoms with Gasteiger partial charge in [0.2, 0.25) is 5.91 Å². The van der Waals surface area contributed by atoms with Gasteiger partial charge in [0.15, 0.2) is 4.73 Å². The highest BCUT2D eigenvalue weighted by molar-refractivity contribution is 9.10. The first-order chi connectivity index (χ1) is 11.1. The van der Waals surface area contributed by atoms with Crippen LogP contribution in [0.25, 0.3) is 0 Å². The summed E-state index contributed by atoms with van der Waals surface area (Å²) in [5.41, 5.74) is 3.28. The van der Waals surface area contributed by atoms with Crippen LogP contribution >= 0.6 is 15.9 Å². The molecule has 0 saturated carbocycles. The number of carbonyl (C=O) groups excluding carboxylic acids is 1. The van der Waals surface area contributed by atoms with Crippen molar-refractivity contribution in [3.8, 4) is 5.75 Å². The van der Waals surface area contributed by atoms with Crippen LogP contribution in [-0.2, 0) is 31.2 Å². The molecule has 5 nitrogen and oxygen atoms in total. The van der Waals surface area contributed by atoms with Crippen LogP contribution in [0.1, 0.15) is 23.4 Å². The molecule has 0 saturated heterocycles. The van der Waals surface area contributed by atoms with Crippen molar-refractivity contribution >= 4 is 21.8 Å². The van der Waals surface area contributed by atoms with Gasteiger partial charge in [-0.15, -0.1) is 0 Å². The highest BCUT2D eigenvalue weighted by Crippen LogP contribution is 2.23. The number of halogens is 1. The number of benzene rings is 1. The van der Waals surface area contributed by atoms with Gasteiger partial charge < -0.3 is 14.2 Å². The highest BCUT2D eigenvalue weighted by Gasteiger charge is 2.25. The van der Waals surface area contributed by atoms with Crippen LogP contribution in [-0.4, -0.2) is 34.0 Å². The van der Waals surface area contributed by atoms with Crippen LogP contribution in [0.5, 0.6) is 5.75 Å². The van der Waals surface area contributed by atoms with Crippen LogP contribution in [0, 0.1) is 0 Å². The van der Waals surface area contributed by atoms with Crippen molar-refractivity contribution in [3.63, 3.8) is 0 Å². The zero-order valence-electron chi connectivity index (χ0n) is 13.4. The summed E-state index contributed by atoms with van der Waals surface area (Å²) < 4.78 is 8.18. The van der Waals surface area contributed by atoms with E-state index in [1.807, 2.05) is 40.8 Å². The molecule has 1 amide bonds. The van der Waals surface area contributed by atoms with E-state index in [0.717, 1.165) is 40.4 Å². The summed E-state index contributed by atoms with van der Waals surface area (Å²) in [5.74, 6) is 1.02. The van der Waals surface area contributed by atoms with E-state index in [2.05, 4.69) is 20.9 Å².